The molecular weight excluding hydrogens is 360 g/mol. The summed E-state index contributed by atoms with van der Waals surface area (Å²) in [6, 6.07) is 12.7. The fraction of sp³-hybridized carbons (Fsp3) is 0.150. The van der Waals surface area contributed by atoms with Gasteiger partial charge in [0.1, 0.15) is 5.82 Å². The molecule has 2 N–H and O–H groups in total. The van der Waals surface area contributed by atoms with E-state index < -0.39 is 7.12 Å². The second kappa shape index (κ2) is 8.73. The Kier molecular flexibility index (Phi) is 6.13. The van der Waals surface area contributed by atoms with Gasteiger partial charge in [-0.05, 0) is 28.7 Å². The third-order valence-corrected chi connectivity index (χ3v) is 4.28. The zero-order valence-electron chi connectivity index (χ0n) is 15.3. The van der Waals surface area contributed by atoms with Gasteiger partial charge in [-0.2, -0.15) is 0 Å². The SMILES string of the molecule is CN(Cc1ccc(B(O)O)cc1)c1ncc(C(=O)Cc2ccc(F)cc2)cn1. The Balaban J connectivity index is 1.62. The summed E-state index contributed by atoms with van der Waals surface area (Å²) >= 11 is 0. The van der Waals surface area contributed by atoms with Crippen molar-refractivity contribution in [3.63, 3.8) is 0 Å². The number of ketones is 1. The standard InChI is InChI=1S/C20H19BFN3O3/c1-25(13-15-2-6-17(7-3-15)21(27)28)20-23-11-16(12-24-20)19(26)10-14-4-8-18(22)9-5-14/h2-9,11-12,27-28H,10,13H2,1H3. The van der Waals surface area contributed by atoms with E-state index >= 15 is 0 Å². The van der Waals surface area contributed by atoms with Crippen molar-refractivity contribution in [3.8, 4) is 0 Å². The number of carbonyl (C=O) groups excluding carboxylic acids is 1. The minimum Gasteiger partial charge on any atom is -0.423 e. The Labute approximate surface area is 162 Å². The van der Waals surface area contributed by atoms with Gasteiger partial charge in [0, 0.05) is 32.4 Å². The minimum atomic E-state index is -1.49. The molecule has 8 heteroatoms. The molecule has 0 aliphatic rings. The number of nitrogens with zero attached hydrogens (tertiary/aromatic N) is 3. The molecule has 3 aromatic rings. The van der Waals surface area contributed by atoms with Gasteiger partial charge in [0.05, 0.1) is 5.56 Å². The highest BCUT2D eigenvalue weighted by molar-refractivity contribution is 6.58. The minimum absolute atomic E-state index is 0.140. The first-order valence-corrected chi connectivity index (χ1v) is 8.68. The Morgan fingerprint density at radius 2 is 1.57 bits per heavy atom. The van der Waals surface area contributed by atoms with Crippen molar-refractivity contribution >= 4 is 24.3 Å². The molecule has 0 amide bonds. The number of carbonyl (C=O) groups is 1. The monoisotopic (exact) mass is 379 g/mol. The van der Waals surface area contributed by atoms with Crippen LogP contribution in [0.3, 0.4) is 0 Å². The van der Waals surface area contributed by atoms with Crippen LogP contribution in [0.15, 0.2) is 60.9 Å². The van der Waals surface area contributed by atoms with Gasteiger partial charge in [-0.3, -0.25) is 4.79 Å². The third-order valence-electron chi connectivity index (χ3n) is 4.28. The molecule has 0 saturated heterocycles. The number of rotatable bonds is 7. The summed E-state index contributed by atoms with van der Waals surface area (Å²) in [5.41, 5.74) is 2.49. The zero-order chi connectivity index (χ0) is 20.1. The van der Waals surface area contributed by atoms with Crippen LogP contribution in [-0.4, -0.2) is 40.0 Å². The van der Waals surface area contributed by atoms with Gasteiger partial charge >= 0.3 is 7.12 Å². The van der Waals surface area contributed by atoms with Gasteiger partial charge in [-0.1, -0.05) is 36.4 Å². The van der Waals surface area contributed by atoms with Gasteiger partial charge in [-0.25, -0.2) is 14.4 Å². The van der Waals surface area contributed by atoms with Crippen LogP contribution < -0.4 is 10.4 Å². The fourth-order valence-corrected chi connectivity index (χ4v) is 2.69. The Morgan fingerprint density at radius 1 is 1.00 bits per heavy atom. The first-order valence-electron chi connectivity index (χ1n) is 8.68. The largest absolute Gasteiger partial charge is 0.488 e. The average molecular weight is 379 g/mol. The molecule has 0 atom stereocenters. The smallest absolute Gasteiger partial charge is 0.423 e. The van der Waals surface area contributed by atoms with Crippen LogP contribution in [0, 0.1) is 5.82 Å². The Bertz CT molecular complexity index is 932. The molecule has 0 spiro atoms. The lowest BCUT2D eigenvalue weighted by Gasteiger charge is -2.17. The second-order valence-corrected chi connectivity index (χ2v) is 6.47. The van der Waals surface area contributed by atoms with Gasteiger partial charge in [0.2, 0.25) is 5.95 Å². The third kappa shape index (κ3) is 5.00. The molecule has 1 heterocycles. The van der Waals surface area contributed by atoms with Crippen molar-refractivity contribution in [2.24, 2.45) is 0 Å². The maximum Gasteiger partial charge on any atom is 0.488 e. The van der Waals surface area contributed by atoms with Crippen LogP contribution in [0.4, 0.5) is 10.3 Å². The lowest BCUT2D eigenvalue weighted by Crippen LogP contribution is -2.29. The first-order chi connectivity index (χ1) is 13.4. The van der Waals surface area contributed by atoms with Crippen LogP contribution in [0.2, 0.25) is 0 Å². The quantitative estimate of drug-likeness (QED) is 0.476. The maximum absolute atomic E-state index is 12.9. The van der Waals surface area contributed by atoms with Crippen molar-refractivity contribution in [3.05, 3.63) is 83.4 Å². The lowest BCUT2D eigenvalue weighted by molar-refractivity contribution is 0.0992. The van der Waals surface area contributed by atoms with E-state index in [9.17, 15) is 9.18 Å². The topological polar surface area (TPSA) is 86.5 Å². The van der Waals surface area contributed by atoms with Gasteiger partial charge < -0.3 is 14.9 Å². The molecule has 3 rings (SSSR count). The summed E-state index contributed by atoms with van der Waals surface area (Å²) in [7, 11) is 0.333. The van der Waals surface area contributed by atoms with Gasteiger partial charge in [0.25, 0.3) is 0 Å². The average Bonchev–Trinajstić information content (AvgIpc) is 2.70. The number of hydrogen-bond donors (Lipinski definition) is 2. The normalized spacial score (nSPS) is 10.6. The number of aromatic nitrogens is 2. The highest BCUT2D eigenvalue weighted by Gasteiger charge is 2.12. The molecule has 0 radical (unpaired) electrons. The molecule has 0 fully saturated rings. The van der Waals surface area contributed by atoms with Crippen LogP contribution in [0.1, 0.15) is 21.5 Å². The van der Waals surface area contributed by atoms with Crippen LogP contribution in [0.25, 0.3) is 0 Å². The number of hydrogen-bond acceptors (Lipinski definition) is 6. The summed E-state index contributed by atoms with van der Waals surface area (Å²) in [4.78, 5) is 22.7. The number of benzene rings is 2. The van der Waals surface area contributed by atoms with Crippen molar-refractivity contribution < 1.29 is 19.2 Å². The van der Waals surface area contributed by atoms with E-state index in [0.29, 0.717) is 23.5 Å². The zero-order valence-corrected chi connectivity index (χ0v) is 15.3. The highest BCUT2D eigenvalue weighted by Crippen LogP contribution is 2.12. The summed E-state index contributed by atoms with van der Waals surface area (Å²) in [5.74, 6) is -0.0161. The fourth-order valence-electron chi connectivity index (χ4n) is 2.69. The summed E-state index contributed by atoms with van der Waals surface area (Å²) in [5, 5.41) is 18.3. The van der Waals surface area contributed by atoms with Crippen LogP contribution in [0.5, 0.6) is 0 Å². The molecule has 0 aliphatic carbocycles. The molecule has 142 valence electrons. The summed E-state index contributed by atoms with van der Waals surface area (Å²) < 4.78 is 12.9. The molecule has 0 unspecified atom stereocenters. The van der Waals surface area contributed by atoms with Crippen molar-refractivity contribution in [2.75, 3.05) is 11.9 Å². The van der Waals surface area contributed by atoms with E-state index in [2.05, 4.69) is 9.97 Å². The molecule has 2 aromatic carbocycles. The van der Waals surface area contributed by atoms with E-state index in [0.717, 1.165) is 11.1 Å². The predicted molar refractivity (Wildman–Crippen MR) is 105 cm³/mol. The van der Waals surface area contributed by atoms with Crippen molar-refractivity contribution in [2.45, 2.75) is 13.0 Å². The molecule has 0 saturated carbocycles. The van der Waals surface area contributed by atoms with Crippen LogP contribution >= 0.6 is 0 Å². The number of anilines is 1. The van der Waals surface area contributed by atoms with E-state index in [1.807, 2.05) is 11.9 Å². The van der Waals surface area contributed by atoms with Crippen molar-refractivity contribution in [1.29, 1.82) is 0 Å². The van der Waals surface area contributed by atoms with Crippen molar-refractivity contribution in [1.82, 2.24) is 9.97 Å². The molecule has 0 aliphatic heterocycles. The first kappa shape index (κ1) is 19.7. The van der Waals surface area contributed by atoms with Gasteiger partial charge in [0.15, 0.2) is 5.78 Å². The predicted octanol–water partition coefficient (Wildman–Crippen LogP) is 1.36. The molecule has 0 bridgehead atoms. The maximum atomic E-state index is 12.9. The number of halogens is 1. The van der Waals surface area contributed by atoms with Gasteiger partial charge in [-0.15, -0.1) is 0 Å². The van der Waals surface area contributed by atoms with E-state index in [4.69, 9.17) is 10.0 Å². The molecule has 1 aromatic heterocycles. The summed E-state index contributed by atoms with van der Waals surface area (Å²) in [6.45, 7) is 0.519. The molecular formula is C20H19BFN3O3. The van der Waals surface area contributed by atoms with E-state index in [1.54, 1.807) is 36.4 Å². The van der Waals surface area contributed by atoms with E-state index in [1.165, 1.54) is 24.5 Å². The van der Waals surface area contributed by atoms with Crippen LogP contribution in [-0.2, 0) is 13.0 Å². The molecule has 28 heavy (non-hydrogen) atoms. The second-order valence-electron chi connectivity index (χ2n) is 6.47. The Morgan fingerprint density at radius 3 is 2.14 bits per heavy atom. The molecule has 6 nitrogen and oxygen atoms in total. The van der Waals surface area contributed by atoms with E-state index in [-0.39, 0.29) is 18.0 Å². The highest BCUT2D eigenvalue weighted by atomic mass is 19.1. The Hall–Kier alpha value is -3.10. The number of Topliss-reactive ketones (excluding diaryl/α,β-unsaturated/α-hetero) is 1. The summed E-state index contributed by atoms with van der Waals surface area (Å²) in [6.07, 6.45) is 3.12. The lowest BCUT2D eigenvalue weighted by atomic mass is 9.80.